The van der Waals surface area contributed by atoms with E-state index in [1.165, 1.54) is 31.5 Å². The van der Waals surface area contributed by atoms with Gasteiger partial charge >= 0.3 is 0 Å². The number of aryl methyl sites for hydroxylation is 1. The zero-order valence-corrected chi connectivity index (χ0v) is 14.6. The van der Waals surface area contributed by atoms with Crippen molar-refractivity contribution < 1.29 is 9.18 Å². The molecule has 1 heterocycles. The van der Waals surface area contributed by atoms with Gasteiger partial charge in [0.15, 0.2) is 5.69 Å². The summed E-state index contributed by atoms with van der Waals surface area (Å²) in [4.78, 5) is 24.4. The maximum Gasteiger partial charge on any atom is 0.292 e. The van der Waals surface area contributed by atoms with Gasteiger partial charge in [-0.2, -0.15) is 10.2 Å². The van der Waals surface area contributed by atoms with Crippen LogP contribution in [0, 0.1) is 5.82 Å². The van der Waals surface area contributed by atoms with E-state index in [-0.39, 0.29) is 17.1 Å². The fourth-order valence-corrected chi connectivity index (χ4v) is 2.68. The van der Waals surface area contributed by atoms with Gasteiger partial charge < -0.3 is 0 Å². The summed E-state index contributed by atoms with van der Waals surface area (Å²) in [6, 6.07) is 11.1. The highest BCUT2D eigenvalue weighted by Gasteiger charge is 2.14. The number of hydrazone groups is 1. The Kier molecular flexibility index (Phi) is 4.71. The Morgan fingerprint density at radius 1 is 1.28 bits per heavy atom. The summed E-state index contributed by atoms with van der Waals surface area (Å²) in [6.45, 7) is 0. The molecule has 1 N–H and O–H groups in total. The van der Waals surface area contributed by atoms with E-state index in [0.717, 1.165) is 4.68 Å². The Hall–Kier alpha value is -2.87. The van der Waals surface area contributed by atoms with E-state index in [1.807, 2.05) is 0 Å². The first-order valence-corrected chi connectivity index (χ1v) is 8.01. The van der Waals surface area contributed by atoms with Gasteiger partial charge in [-0.15, -0.1) is 0 Å². The zero-order chi connectivity index (χ0) is 18.0. The third-order valence-corrected chi connectivity index (χ3v) is 4.10. The van der Waals surface area contributed by atoms with E-state index in [9.17, 15) is 14.0 Å². The standard InChI is InChI=1S/C17H12BrFN4O2/c1-23-17(25)12-5-3-2-4-11(12)15(22-23)16(24)21-20-9-10-6-7-14(19)13(18)8-10/h2-9H,1H3,(H,21,24)/b20-9-. The zero-order valence-electron chi connectivity index (χ0n) is 13.0. The average molecular weight is 403 g/mol. The molecule has 0 aliphatic carbocycles. The molecule has 0 radical (unpaired) electrons. The van der Waals surface area contributed by atoms with Crippen LogP contribution in [0.2, 0.25) is 0 Å². The molecule has 2 aromatic carbocycles. The van der Waals surface area contributed by atoms with Gasteiger partial charge in [-0.3, -0.25) is 9.59 Å². The number of hydrogen-bond acceptors (Lipinski definition) is 4. The number of rotatable bonds is 3. The van der Waals surface area contributed by atoms with Crippen LogP contribution in [0.4, 0.5) is 4.39 Å². The van der Waals surface area contributed by atoms with Gasteiger partial charge in [0.05, 0.1) is 16.1 Å². The molecule has 25 heavy (non-hydrogen) atoms. The predicted octanol–water partition coefficient (Wildman–Crippen LogP) is 2.60. The van der Waals surface area contributed by atoms with Crippen molar-refractivity contribution in [3.63, 3.8) is 0 Å². The lowest BCUT2D eigenvalue weighted by Crippen LogP contribution is -2.27. The van der Waals surface area contributed by atoms with Crippen LogP contribution in [0.15, 0.2) is 56.8 Å². The topological polar surface area (TPSA) is 76.3 Å². The maximum atomic E-state index is 13.2. The molecule has 0 aliphatic heterocycles. The molecule has 3 rings (SSSR count). The maximum absolute atomic E-state index is 13.2. The van der Waals surface area contributed by atoms with Crippen molar-refractivity contribution in [1.29, 1.82) is 0 Å². The number of hydrogen-bond donors (Lipinski definition) is 1. The summed E-state index contributed by atoms with van der Waals surface area (Å²) in [5, 5.41) is 8.71. The minimum Gasteiger partial charge on any atom is -0.267 e. The summed E-state index contributed by atoms with van der Waals surface area (Å²) in [7, 11) is 1.48. The molecule has 0 spiro atoms. The minimum absolute atomic E-state index is 0.0927. The van der Waals surface area contributed by atoms with E-state index in [1.54, 1.807) is 24.3 Å². The number of carbonyl (C=O) groups excluding carboxylic acids is 1. The minimum atomic E-state index is -0.552. The molecule has 1 amide bonds. The van der Waals surface area contributed by atoms with Gasteiger partial charge in [0.2, 0.25) is 0 Å². The summed E-state index contributed by atoms with van der Waals surface area (Å²) in [5.41, 5.74) is 2.77. The van der Waals surface area contributed by atoms with Crippen molar-refractivity contribution >= 4 is 38.8 Å². The fourth-order valence-electron chi connectivity index (χ4n) is 2.28. The van der Waals surface area contributed by atoms with Crippen molar-refractivity contribution in [2.75, 3.05) is 0 Å². The summed E-state index contributed by atoms with van der Waals surface area (Å²) in [6.07, 6.45) is 1.38. The highest BCUT2D eigenvalue weighted by molar-refractivity contribution is 9.10. The fraction of sp³-hybridized carbons (Fsp3) is 0.0588. The second kappa shape index (κ2) is 6.94. The monoisotopic (exact) mass is 402 g/mol. The van der Waals surface area contributed by atoms with Crippen LogP contribution in [0.25, 0.3) is 10.8 Å². The molecular weight excluding hydrogens is 391 g/mol. The number of nitrogens with zero attached hydrogens (tertiary/aromatic N) is 3. The first-order chi connectivity index (χ1) is 12.0. The second-order valence-corrected chi connectivity index (χ2v) is 6.05. The molecular formula is C17H12BrFN4O2. The summed E-state index contributed by atoms with van der Waals surface area (Å²) < 4.78 is 14.6. The Labute approximate surface area is 150 Å². The quantitative estimate of drug-likeness (QED) is 0.540. The first-order valence-electron chi connectivity index (χ1n) is 7.22. The van der Waals surface area contributed by atoms with Crippen molar-refractivity contribution in [3.8, 4) is 0 Å². The van der Waals surface area contributed by atoms with Gasteiger partial charge in [0.1, 0.15) is 5.82 Å². The molecule has 8 heteroatoms. The molecule has 0 saturated carbocycles. The summed E-state index contributed by atoms with van der Waals surface area (Å²) >= 11 is 3.08. The third kappa shape index (κ3) is 3.48. The highest BCUT2D eigenvalue weighted by Crippen LogP contribution is 2.16. The third-order valence-electron chi connectivity index (χ3n) is 3.49. The molecule has 0 aliphatic rings. The van der Waals surface area contributed by atoms with Gasteiger partial charge in [-0.1, -0.05) is 24.3 Å². The molecule has 0 unspecified atom stereocenters. The Bertz CT molecular complexity index is 1060. The lowest BCUT2D eigenvalue weighted by molar-refractivity contribution is 0.0950. The van der Waals surface area contributed by atoms with Crippen LogP contribution in [-0.2, 0) is 7.05 Å². The largest absolute Gasteiger partial charge is 0.292 e. The second-order valence-electron chi connectivity index (χ2n) is 5.20. The number of carbonyl (C=O) groups is 1. The van der Waals surface area contributed by atoms with Crippen molar-refractivity contribution in [2.45, 2.75) is 0 Å². The molecule has 6 nitrogen and oxygen atoms in total. The molecule has 0 fully saturated rings. The predicted molar refractivity (Wildman–Crippen MR) is 96.1 cm³/mol. The molecule has 3 aromatic rings. The van der Waals surface area contributed by atoms with Crippen molar-refractivity contribution in [3.05, 3.63) is 74.4 Å². The van der Waals surface area contributed by atoms with Gasteiger partial charge in [0, 0.05) is 12.4 Å². The van der Waals surface area contributed by atoms with Gasteiger partial charge in [0.25, 0.3) is 11.5 Å². The number of nitrogens with one attached hydrogen (secondary N) is 1. The molecule has 0 bridgehead atoms. The number of halogens is 2. The molecule has 1 aromatic heterocycles. The van der Waals surface area contributed by atoms with Crippen LogP contribution in [0.1, 0.15) is 16.1 Å². The van der Waals surface area contributed by atoms with Crippen LogP contribution < -0.4 is 11.0 Å². The van der Waals surface area contributed by atoms with Crippen LogP contribution in [0.3, 0.4) is 0 Å². The SMILES string of the molecule is Cn1nc(C(=O)N/N=C\c2ccc(F)c(Br)c2)c2ccccc2c1=O. The Balaban J connectivity index is 1.88. The number of fused-ring (bicyclic) bond motifs is 1. The molecule has 0 atom stereocenters. The van der Waals surface area contributed by atoms with Gasteiger partial charge in [-0.05, 0) is 39.7 Å². The van der Waals surface area contributed by atoms with E-state index in [2.05, 4.69) is 31.6 Å². The Morgan fingerprint density at radius 3 is 2.72 bits per heavy atom. The normalized spacial score (nSPS) is 11.2. The first kappa shape index (κ1) is 17.0. The van der Waals surface area contributed by atoms with Crippen molar-refractivity contribution in [2.24, 2.45) is 12.1 Å². The van der Waals surface area contributed by atoms with E-state index in [0.29, 0.717) is 20.8 Å². The van der Waals surface area contributed by atoms with E-state index in [4.69, 9.17) is 0 Å². The van der Waals surface area contributed by atoms with Crippen LogP contribution in [-0.4, -0.2) is 21.9 Å². The number of benzene rings is 2. The van der Waals surface area contributed by atoms with E-state index >= 15 is 0 Å². The average Bonchev–Trinajstić information content (AvgIpc) is 2.61. The van der Waals surface area contributed by atoms with E-state index < -0.39 is 5.91 Å². The lowest BCUT2D eigenvalue weighted by atomic mass is 10.1. The van der Waals surface area contributed by atoms with Crippen LogP contribution in [0.5, 0.6) is 0 Å². The lowest BCUT2D eigenvalue weighted by Gasteiger charge is -2.06. The summed E-state index contributed by atoms with van der Waals surface area (Å²) in [5.74, 6) is -0.939. The Morgan fingerprint density at radius 2 is 2.00 bits per heavy atom. The number of amides is 1. The number of aromatic nitrogens is 2. The molecule has 126 valence electrons. The molecule has 0 saturated heterocycles. The van der Waals surface area contributed by atoms with Crippen molar-refractivity contribution in [1.82, 2.24) is 15.2 Å². The van der Waals surface area contributed by atoms with Crippen LogP contribution >= 0.6 is 15.9 Å². The van der Waals surface area contributed by atoms with Gasteiger partial charge in [-0.25, -0.2) is 14.5 Å². The smallest absolute Gasteiger partial charge is 0.267 e. The highest BCUT2D eigenvalue weighted by atomic mass is 79.9.